The first-order valence-electron chi connectivity index (χ1n) is 12.4. The number of rotatable bonds is 16. The second-order valence-corrected chi connectivity index (χ2v) is 9.11. The monoisotopic (exact) mass is 533 g/mol. The fraction of sp³-hybridized carbons (Fsp3) is 0.429. The van der Waals surface area contributed by atoms with Gasteiger partial charge in [-0.2, -0.15) is 0 Å². The van der Waals surface area contributed by atoms with Crippen LogP contribution in [0.2, 0.25) is 0 Å². The quantitative estimate of drug-likeness (QED) is 0.188. The average Bonchev–Trinajstić information content (AvgIpc) is 3.18. The molecule has 1 aliphatic carbocycles. The normalized spacial score (nSPS) is 21.9. The number of carbonyl (C=O) groups is 1. The maximum Gasteiger partial charge on any atom is 0.307 e. The Hall–Kier alpha value is -3.10. The van der Waals surface area contributed by atoms with Crippen molar-refractivity contribution in [2.24, 2.45) is 4.99 Å². The van der Waals surface area contributed by atoms with Gasteiger partial charge in [0.25, 0.3) is 0 Å². The van der Waals surface area contributed by atoms with Gasteiger partial charge in [0.2, 0.25) is 0 Å². The molecule has 2 atom stereocenters. The van der Waals surface area contributed by atoms with Gasteiger partial charge in [0, 0.05) is 30.4 Å². The minimum atomic E-state index is -0.906. The molecule has 2 rings (SSSR count). The van der Waals surface area contributed by atoms with Gasteiger partial charge in [0.15, 0.2) is 0 Å². The molecule has 1 aliphatic heterocycles. The smallest absolute Gasteiger partial charge is 0.307 e. The predicted octanol–water partition coefficient (Wildman–Crippen LogP) is 5.15. The number of hydrogen-bond donors (Lipinski definition) is 3. The van der Waals surface area contributed by atoms with Gasteiger partial charge in [0.1, 0.15) is 18.3 Å². The lowest BCUT2D eigenvalue weighted by Gasteiger charge is -2.31. The molecule has 3 N–H and O–H groups in total. The van der Waals surface area contributed by atoms with Gasteiger partial charge in [0.05, 0.1) is 31.2 Å². The highest BCUT2D eigenvalue weighted by atomic mass is 35.5. The van der Waals surface area contributed by atoms with E-state index in [1.54, 1.807) is 29.5 Å². The Balaban J connectivity index is 1.94. The van der Waals surface area contributed by atoms with Crippen LogP contribution in [0, 0.1) is 0 Å². The summed E-state index contributed by atoms with van der Waals surface area (Å²) in [6.45, 7) is 4.24. The van der Waals surface area contributed by atoms with Crippen LogP contribution in [0.1, 0.15) is 39.5 Å². The highest BCUT2D eigenvalue weighted by Gasteiger charge is 2.40. The molecular weight excluding hydrogens is 497 g/mol. The second-order valence-electron chi connectivity index (χ2n) is 8.70. The zero-order valence-corrected chi connectivity index (χ0v) is 22.2. The molecule has 202 valence electrons. The lowest BCUT2D eigenvalue weighted by Crippen LogP contribution is -2.47. The van der Waals surface area contributed by atoms with Crippen molar-refractivity contribution in [2.45, 2.75) is 51.1 Å². The number of hydrogen-bond acceptors (Lipinski definition) is 6. The topological polar surface area (TPSA) is 94.4 Å². The molecule has 2 aliphatic rings. The number of allylic oxidation sites excluding steroid dienone is 8. The first-order valence-corrected chi connectivity index (χ1v) is 12.8. The number of aliphatic imine (C=N–C) groups is 1. The van der Waals surface area contributed by atoms with Crippen LogP contribution in [0.15, 0.2) is 88.4 Å². The first-order chi connectivity index (χ1) is 17.8. The van der Waals surface area contributed by atoms with E-state index in [2.05, 4.69) is 18.3 Å². The summed E-state index contributed by atoms with van der Waals surface area (Å²) in [6, 6.07) is -0.126. The van der Waals surface area contributed by atoms with E-state index in [1.165, 1.54) is 6.08 Å². The number of aliphatic hydroxyl groups excluding tert-OH is 1. The summed E-state index contributed by atoms with van der Waals surface area (Å²) in [6.07, 6.45) is 21.7. The van der Waals surface area contributed by atoms with E-state index in [-0.39, 0.29) is 19.1 Å². The van der Waals surface area contributed by atoms with Crippen LogP contribution < -0.4 is 5.32 Å². The summed E-state index contributed by atoms with van der Waals surface area (Å²) in [5, 5.41) is 22.2. The molecule has 7 nitrogen and oxygen atoms in total. The minimum absolute atomic E-state index is 0.0284. The molecule has 0 amide bonds. The summed E-state index contributed by atoms with van der Waals surface area (Å²) < 4.78 is 18.1. The molecule has 37 heavy (non-hydrogen) atoms. The van der Waals surface area contributed by atoms with Crippen molar-refractivity contribution in [3.8, 4) is 0 Å². The maximum absolute atomic E-state index is 12.3. The second kappa shape index (κ2) is 15.9. The number of aliphatic carboxylic acids is 1. The molecule has 9 heteroatoms. The molecule has 0 radical (unpaired) electrons. The number of fused-ring (bicyclic) bond motifs is 1. The molecule has 0 aromatic rings. The number of nitrogens with zero attached hydrogens (tertiary/aromatic N) is 2. The van der Waals surface area contributed by atoms with E-state index in [1.807, 2.05) is 37.3 Å². The van der Waals surface area contributed by atoms with E-state index >= 15 is 0 Å². The third-order valence-electron chi connectivity index (χ3n) is 5.62. The molecule has 0 saturated heterocycles. The number of aliphatic hydroxyl groups is 1. The van der Waals surface area contributed by atoms with Crippen LogP contribution in [-0.4, -0.2) is 64.9 Å². The summed E-state index contributed by atoms with van der Waals surface area (Å²) in [7, 11) is 0. The number of carboxylic acid groups (broad SMARTS) is 1. The number of alkyl halides is 1. The van der Waals surface area contributed by atoms with Gasteiger partial charge in [-0.05, 0) is 55.7 Å². The van der Waals surface area contributed by atoms with Crippen LogP contribution >= 0.6 is 11.6 Å². The standard InChI is InChI=1S/C28H37ClFN3O4/c1-3-4-10-23(11-12-27(35)36)37-19-13-26-31-25-20-24(29)22(21-28(25,2)32-26)9-6-5-7-15-33(17-18-34)16-8-14-30/h4-8,10-11,15-16,20-21,25,34H,3,9,12-14,17-19H2,1-2H3,(H,31,32)(H,35,36)/b6-5+,10-4-,15-7-,16-8+,23-11+. The van der Waals surface area contributed by atoms with Crippen LogP contribution in [0.25, 0.3) is 0 Å². The summed E-state index contributed by atoms with van der Waals surface area (Å²) in [4.78, 5) is 17.3. The van der Waals surface area contributed by atoms with Crippen LogP contribution in [0.4, 0.5) is 4.39 Å². The molecule has 2 unspecified atom stereocenters. The number of halogens is 2. The van der Waals surface area contributed by atoms with Gasteiger partial charge < -0.3 is 25.2 Å². The SMILES string of the molecule is CC/C=C\C(=C/CC(=O)O)OCCC1=NC2C=C(Cl)C(C/C=C/C=C\N(/C=C/CF)CCO)=CC2(C)N1. The van der Waals surface area contributed by atoms with Crippen LogP contribution in [0.5, 0.6) is 0 Å². The Morgan fingerprint density at radius 1 is 1.32 bits per heavy atom. The van der Waals surface area contributed by atoms with Crippen molar-refractivity contribution in [1.82, 2.24) is 10.2 Å². The van der Waals surface area contributed by atoms with Crippen molar-refractivity contribution >= 4 is 23.4 Å². The summed E-state index contributed by atoms with van der Waals surface area (Å²) >= 11 is 6.55. The van der Waals surface area contributed by atoms with E-state index in [4.69, 9.17) is 31.5 Å². The van der Waals surface area contributed by atoms with Gasteiger partial charge in [-0.1, -0.05) is 42.8 Å². The van der Waals surface area contributed by atoms with Crippen molar-refractivity contribution in [3.05, 3.63) is 83.4 Å². The summed E-state index contributed by atoms with van der Waals surface area (Å²) in [5.74, 6) is 0.443. The van der Waals surface area contributed by atoms with Gasteiger partial charge in [-0.25, -0.2) is 4.39 Å². The fourth-order valence-electron chi connectivity index (χ4n) is 3.80. The molecular formula is C28H37ClFN3O4. The van der Waals surface area contributed by atoms with E-state index in [0.717, 1.165) is 17.8 Å². The Morgan fingerprint density at radius 2 is 2.14 bits per heavy atom. The van der Waals surface area contributed by atoms with Gasteiger partial charge in [-0.15, -0.1) is 0 Å². The van der Waals surface area contributed by atoms with E-state index < -0.39 is 18.2 Å². The van der Waals surface area contributed by atoms with Crippen LogP contribution in [0.3, 0.4) is 0 Å². The first kappa shape index (κ1) is 30.1. The third-order valence-corrected chi connectivity index (χ3v) is 5.99. The van der Waals surface area contributed by atoms with Crippen LogP contribution in [-0.2, 0) is 9.53 Å². The molecule has 0 fully saturated rings. The molecule has 1 heterocycles. The molecule has 0 saturated carbocycles. The van der Waals surface area contributed by atoms with Crippen molar-refractivity contribution in [3.63, 3.8) is 0 Å². The minimum Gasteiger partial charge on any atom is -0.493 e. The van der Waals surface area contributed by atoms with E-state index in [0.29, 0.717) is 36.8 Å². The Kier molecular flexibility index (Phi) is 12.9. The largest absolute Gasteiger partial charge is 0.493 e. The fourth-order valence-corrected chi connectivity index (χ4v) is 4.05. The summed E-state index contributed by atoms with van der Waals surface area (Å²) in [5.41, 5.74) is 0.588. The molecule has 0 aromatic heterocycles. The number of ether oxygens (including phenoxy) is 1. The number of amidine groups is 1. The molecule has 0 aromatic carbocycles. The Labute approximate surface area is 223 Å². The van der Waals surface area contributed by atoms with Crippen molar-refractivity contribution in [1.29, 1.82) is 0 Å². The molecule has 0 bridgehead atoms. The van der Waals surface area contributed by atoms with Crippen molar-refractivity contribution in [2.75, 3.05) is 26.4 Å². The zero-order chi connectivity index (χ0) is 27.1. The predicted molar refractivity (Wildman–Crippen MR) is 147 cm³/mol. The van der Waals surface area contributed by atoms with Gasteiger partial charge >= 0.3 is 5.97 Å². The average molecular weight is 534 g/mol. The third kappa shape index (κ3) is 10.4. The highest BCUT2D eigenvalue weighted by molar-refractivity contribution is 6.32. The zero-order valence-electron chi connectivity index (χ0n) is 21.4. The molecule has 0 spiro atoms. The van der Waals surface area contributed by atoms with E-state index in [9.17, 15) is 9.18 Å². The van der Waals surface area contributed by atoms with Gasteiger partial charge in [-0.3, -0.25) is 9.79 Å². The lowest BCUT2D eigenvalue weighted by atomic mass is 9.85. The Morgan fingerprint density at radius 3 is 2.84 bits per heavy atom. The highest BCUT2D eigenvalue weighted by Crippen LogP contribution is 2.35. The number of carboxylic acids is 1. The maximum atomic E-state index is 12.3. The Bertz CT molecular complexity index is 1010. The lowest BCUT2D eigenvalue weighted by molar-refractivity contribution is -0.136. The number of nitrogens with one attached hydrogen (secondary N) is 1. The van der Waals surface area contributed by atoms with Crippen molar-refractivity contribution < 1.29 is 24.1 Å².